The number of hydrogen-bond acceptors (Lipinski definition) is 6. The van der Waals surface area contributed by atoms with Gasteiger partial charge in [-0.25, -0.2) is 9.59 Å². The maximum absolute atomic E-state index is 11.9. The van der Waals surface area contributed by atoms with Crippen molar-refractivity contribution in [2.45, 2.75) is 20.0 Å². The third-order valence-corrected chi connectivity index (χ3v) is 8.39. The second kappa shape index (κ2) is 14.8. The van der Waals surface area contributed by atoms with Crippen LogP contribution in [0, 0.1) is 0 Å². The third kappa shape index (κ3) is 7.18. The van der Waals surface area contributed by atoms with E-state index < -0.39 is 5.97 Å². The highest BCUT2D eigenvalue weighted by Crippen LogP contribution is 2.31. The van der Waals surface area contributed by atoms with Crippen LogP contribution in [0.5, 0.6) is 0 Å². The van der Waals surface area contributed by atoms with E-state index in [1.165, 1.54) is 11.6 Å². The maximum Gasteiger partial charge on any atom is 0.371 e. The van der Waals surface area contributed by atoms with Crippen LogP contribution < -0.4 is 0 Å². The van der Waals surface area contributed by atoms with Gasteiger partial charge in [0.25, 0.3) is 0 Å². The SMILES string of the molecule is CCOC(=O)c1ccc(-c2nn(Cc3ccccc3)c3ccccc23)cc1.O=C(O)c1ccc(-c2nn(Cc3ccccc3)c3ccccc23)o1. The Morgan fingerprint density at radius 2 is 1.14 bits per heavy atom. The molecule has 0 aliphatic carbocycles. The van der Waals surface area contributed by atoms with Gasteiger partial charge in [-0.1, -0.05) is 109 Å². The normalized spacial score (nSPS) is 10.9. The van der Waals surface area contributed by atoms with Crippen LogP contribution >= 0.6 is 0 Å². The number of nitrogens with zero attached hydrogens (tertiary/aromatic N) is 4. The summed E-state index contributed by atoms with van der Waals surface area (Å²) in [6.07, 6.45) is 0. The number of aromatic nitrogens is 4. The Hall–Kier alpha value is -6.74. The quantitative estimate of drug-likeness (QED) is 0.152. The summed E-state index contributed by atoms with van der Waals surface area (Å²) in [6, 6.07) is 46.9. The number of hydrogen-bond donors (Lipinski definition) is 1. The monoisotopic (exact) mass is 674 g/mol. The number of fused-ring (bicyclic) bond motifs is 2. The second-order valence-electron chi connectivity index (χ2n) is 11.8. The Morgan fingerprint density at radius 1 is 0.627 bits per heavy atom. The molecular weight excluding hydrogens is 640 g/mol. The zero-order valence-corrected chi connectivity index (χ0v) is 27.8. The molecular formula is C42H34N4O5. The summed E-state index contributed by atoms with van der Waals surface area (Å²) in [4.78, 5) is 22.9. The lowest BCUT2D eigenvalue weighted by Gasteiger charge is -2.04. The number of furan rings is 1. The fourth-order valence-electron chi connectivity index (χ4n) is 5.96. The lowest BCUT2D eigenvalue weighted by molar-refractivity contribution is 0.0525. The zero-order chi connectivity index (χ0) is 35.2. The van der Waals surface area contributed by atoms with Gasteiger partial charge in [0, 0.05) is 16.3 Å². The summed E-state index contributed by atoms with van der Waals surface area (Å²) in [7, 11) is 0. The van der Waals surface area contributed by atoms with Crippen molar-refractivity contribution in [3.05, 3.63) is 168 Å². The lowest BCUT2D eigenvalue weighted by atomic mass is 10.1. The number of esters is 1. The molecule has 0 saturated heterocycles. The highest BCUT2D eigenvalue weighted by molar-refractivity contribution is 5.95. The molecule has 9 nitrogen and oxygen atoms in total. The summed E-state index contributed by atoms with van der Waals surface area (Å²) in [5.74, 6) is -1.03. The van der Waals surface area contributed by atoms with E-state index >= 15 is 0 Å². The van der Waals surface area contributed by atoms with Crippen molar-refractivity contribution in [2.75, 3.05) is 6.61 Å². The first-order chi connectivity index (χ1) is 25.0. The number of para-hydroxylation sites is 2. The van der Waals surface area contributed by atoms with Crippen molar-refractivity contribution in [3.63, 3.8) is 0 Å². The van der Waals surface area contributed by atoms with E-state index in [-0.39, 0.29) is 11.7 Å². The maximum atomic E-state index is 11.9. The molecule has 0 fully saturated rings. The molecule has 0 spiro atoms. The number of carbonyl (C=O) groups excluding carboxylic acids is 1. The van der Waals surface area contributed by atoms with Crippen LogP contribution in [0.2, 0.25) is 0 Å². The number of rotatable bonds is 9. The minimum absolute atomic E-state index is 0.0910. The number of carbonyl (C=O) groups is 2. The van der Waals surface area contributed by atoms with Crippen molar-refractivity contribution in [1.29, 1.82) is 0 Å². The van der Waals surface area contributed by atoms with Gasteiger partial charge in [0.05, 0.1) is 36.3 Å². The van der Waals surface area contributed by atoms with Crippen molar-refractivity contribution in [3.8, 4) is 22.7 Å². The van der Waals surface area contributed by atoms with Gasteiger partial charge < -0.3 is 14.3 Å². The topological polar surface area (TPSA) is 112 Å². The first-order valence-electron chi connectivity index (χ1n) is 16.6. The van der Waals surface area contributed by atoms with E-state index in [4.69, 9.17) is 19.4 Å². The molecule has 8 rings (SSSR count). The minimum atomic E-state index is -1.09. The fourth-order valence-corrected chi connectivity index (χ4v) is 5.96. The summed E-state index contributed by atoms with van der Waals surface area (Å²) in [5, 5.41) is 20.6. The Morgan fingerprint density at radius 3 is 1.67 bits per heavy atom. The number of aromatic carboxylic acids is 1. The van der Waals surface area contributed by atoms with Crippen LogP contribution in [0.15, 0.2) is 150 Å². The second-order valence-corrected chi connectivity index (χ2v) is 11.8. The molecule has 0 atom stereocenters. The fraction of sp³-hybridized carbons (Fsp3) is 0.0952. The van der Waals surface area contributed by atoms with E-state index in [2.05, 4.69) is 29.4 Å². The van der Waals surface area contributed by atoms with Gasteiger partial charge >= 0.3 is 11.9 Å². The van der Waals surface area contributed by atoms with Crippen LogP contribution in [-0.4, -0.2) is 43.2 Å². The highest BCUT2D eigenvalue weighted by atomic mass is 16.5. The Kier molecular flexibility index (Phi) is 9.51. The summed E-state index contributed by atoms with van der Waals surface area (Å²) in [5.41, 5.74) is 7.50. The van der Waals surface area contributed by atoms with Gasteiger partial charge in [0.2, 0.25) is 5.76 Å². The summed E-state index contributed by atoms with van der Waals surface area (Å²) in [6.45, 7) is 3.52. The van der Waals surface area contributed by atoms with Crippen LogP contribution in [0.4, 0.5) is 0 Å². The molecule has 3 heterocycles. The van der Waals surface area contributed by atoms with Gasteiger partial charge in [-0.2, -0.15) is 10.2 Å². The molecule has 8 aromatic rings. The molecule has 0 aliphatic rings. The molecule has 3 aromatic heterocycles. The first-order valence-corrected chi connectivity index (χ1v) is 16.6. The Balaban J connectivity index is 0.000000160. The third-order valence-electron chi connectivity index (χ3n) is 8.39. The highest BCUT2D eigenvalue weighted by Gasteiger charge is 2.18. The minimum Gasteiger partial charge on any atom is -0.475 e. The number of ether oxygens (including phenoxy) is 1. The number of carboxylic acids is 1. The zero-order valence-electron chi connectivity index (χ0n) is 27.8. The molecule has 0 unspecified atom stereocenters. The average Bonchev–Trinajstić information content (AvgIpc) is 3.90. The van der Waals surface area contributed by atoms with E-state index in [0.717, 1.165) is 38.6 Å². The van der Waals surface area contributed by atoms with Gasteiger partial charge in [-0.3, -0.25) is 9.36 Å². The molecule has 0 bridgehead atoms. The molecule has 5 aromatic carbocycles. The van der Waals surface area contributed by atoms with E-state index in [0.29, 0.717) is 36.7 Å². The van der Waals surface area contributed by atoms with Gasteiger partial charge in [-0.05, 0) is 54.4 Å². The molecule has 9 heteroatoms. The molecule has 51 heavy (non-hydrogen) atoms. The number of benzene rings is 5. The Labute approximate surface area is 294 Å². The Bertz CT molecular complexity index is 2430. The van der Waals surface area contributed by atoms with Gasteiger partial charge in [0.1, 0.15) is 11.4 Å². The first kappa shape index (κ1) is 32.8. The molecule has 252 valence electrons. The molecule has 0 aliphatic heterocycles. The predicted molar refractivity (Wildman–Crippen MR) is 197 cm³/mol. The molecule has 1 N–H and O–H groups in total. The molecule has 0 amide bonds. The van der Waals surface area contributed by atoms with E-state index in [9.17, 15) is 9.59 Å². The van der Waals surface area contributed by atoms with E-state index in [1.54, 1.807) is 25.1 Å². The lowest BCUT2D eigenvalue weighted by Crippen LogP contribution is -2.04. The smallest absolute Gasteiger partial charge is 0.371 e. The van der Waals surface area contributed by atoms with Crippen molar-refractivity contribution < 1.29 is 23.8 Å². The largest absolute Gasteiger partial charge is 0.475 e. The molecule has 0 saturated carbocycles. The molecule has 0 radical (unpaired) electrons. The number of carboxylic acid groups (broad SMARTS) is 1. The van der Waals surface area contributed by atoms with Gasteiger partial charge in [0.15, 0.2) is 5.76 Å². The average molecular weight is 675 g/mol. The van der Waals surface area contributed by atoms with Crippen LogP contribution in [0.3, 0.4) is 0 Å². The summed E-state index contributed by atoms with van der Waals surface area (Å²) >= 11 is 0. The van der Waals surface area contributed by atoms with Crippen LogP contribution in [0.25, 0.3) is 44.5 Å². The van der Waals surface area contributed by atoms with Crippen molar-refractivity contribution >= 4 is 33.7 Å². The predicted octanol–water partition coefficient (Wildman–Crippen LogP) is 8.97. The van der Waals surface area contributed by atoms with E-state index in [1.807, 2.05) is 106 Å². The standard InChI is InChI=1S/C23H20N2O2.C19H14N2O3/c1-2-27-23(26)19-14-12-18(13-15-19)22-20-10-6-7-11-21(20)25(24-22)16-17-8-4-3-5-9-17;22-19(23)17-11-10-16(24-17)18-14-8-4-5-9-15(14)21(20-18)12-13-6-2-1-3-7-13/h3-15H,2,16H2,1H3;1-11H,12H2,(H,22,23). The van der Waals surface area contributed by atoms with Crippen molar-refractivity contribution in [2.24, 2.45) is 0 Å². The van der Waals surface area contributed by atoms with Crippen LogP contribution in [0.1, 0.15) is 39.0 Å². The van der Waals surface area contributed by atoms with Crippen LogP contribution in [-0.2, 0) is 17.8 Å². The summed E-state index contributed by atoms with van der Waals surface area (Å²) < 4.78 is 14.4. The van der Waals surface area contributed by atoms with Crippen molar-refractivity contribution in [1.82, 2.24) is 19.6 Å². The van der Waals surface area contributed by atoms with Gasteiger partial charge in [-0.15, -0.1) is 0 Å².